The molecule has 0 aromatic carbocycles. The summed E-state index contributed by atoms with van der Waals surface area (Å²) in [7, 11) is 0. The molecule has 1 aromatic rings. The molecule has 1 heterocycles. The fourth-order valence-electron chi connectivity index (χ4n) is 0.627. The molecular weight excluding hydrogens is 158 g/mol. The summed E-state index contributed by atoms with van der Waals surface area (Å²) in [4.78, 5) is 7.58. The maximum atomic E-state index is 8.94. The van der Waals surface area contributed by atoms with Gasteiger partial charge in [-0.05, 0) is 6.07 Å². The van der Waals surface area contributed by atoms with Gasteiger partial charge in [-0.2, -0.15) is 0 Å². The van der Waals surface area contributed by atoms with Crippen molar-refractivity contribution in [3.63, 3.8) is 0 Å². The lowest BCUT2D eigenvalue weighted by molar-refractivity contribution is 0.105. The number of aromatic nitrogens is 2. The third-order valence-corrected chi connectivity index (χ3v) is 1.22. The molecule has 5 heteroatoms. The molecule has 1 atom stereocenters. The third kappa shape index (κ3) is 2.81. The van der Waals surface area contributed by atoms with Crippen molar-refractivity contribution in [2.75, 3.05) is 18.5 Å². The maximum absolute atomic E-state index is 8.94. The van der Waals surface area contributed by atoms with Gasteiger partial charge in [0.15, 0.2) is 0 Å². The normalized spacial score (nSPS) is 12.5. The molecule has 0 bridgehead atoms. The molecule has 0 amide bonds. The van der Waals surface area contributed by atoms with Gasteiger partial charge < -0.3 is 15.5 Å². The smallest absolute Gasteiger partial charge is 0.223 e. The Labute approximate surface area is 70.1 Å². The molecule has 65 valence electrons. The molecule has 5 nitrogen and oxygen atoms in total. The van der Waals surface area contributed by atoms with Crippen LogP contribution >= 0.6 is 0 Å². The van der Waals surface area contributed by atoms with Gasteiger partial charge in [-0.3, -0.25) is 0 Å². The Hall–Kier alpha value is -1.20. The number of rotatable bonds is 4. The lowest BCUT2D eigenvalue weighted by atomic mass is 10.4. The zero-order chi connectivity index (χ0) is 8.81. The maximum Gasteiger partial charge on any atom is 0.223 e. The predicted octanol–water partition coefficient (Wildman–Crippen LogP) is -0.958. The lowest BCUT2D eigenvalue weighted by Gasteiger charge is -2.07. The van der Waals surface area contributed by atoms with E-state index in [0.717, 1.165) is 0 Å². The summed E-state index contributed by atoms with van der Waals surface area (Å²) in [5.41, 5.74) is 0. The molecular formula is C7H10N3O2. The first-order valence-electron chi connectivity index (χ1n) is 3.55. The monoisotopic (exact) mass is 168 g/mol. The van der Waals surface area contributed by atoms with E-state index in [9.17, 15) is 0 Å². The van der Waals surface area contributed by atoms with Gasteiger partial charge in [0.25, 0.3) is 0 Å². The van der Waals surface area contributed by atoms with E-state index in [1.54, 1.807) is 12.3 Å². The van der Waals surface area contributed by atoms with Gasteiger partial charge in [0.1, 0.15) is 0 Å². The number of aliphatic hydroxyl groups excluding tert-OH is 2. The van der Waals surface area contributed by atoms with Crippen LogP contribution in [0.1, 0.15) is 0 Å². The Morgan fingerprint density at radius 1 is 1.67 bits per heavy atom. The molecule has 1 rings (SSSR count). The Kier molecular flexibility index (Phi) is 3.43. The minimum atomic E-state index is -0.784. The van der Waals surface area contributed by atoms with Crippen molar-refractivity contribution in [1.29, 1.82) is 0 Å². The Balaban J connectivity index is 2.33. The van der Waals surface area contributed by atoms with Crippen molar-refractivity contribution >= 4 is 5.95 Å². The predicted molar refractivity (Wildman–Crippen MR) is 42.5 cm³/mol. The average Bonchev–Trinajstić information content (AvgIpc) is 2.16. The van der Waals surface area contributed by atoms with E-state index in [1.807, 2.05) is 0 Å². The second-order valence-corrected chi connectivity index (χ2v) is 2.23. The van der Waals surface area contributed by atoms with Gasteiger partial charge in [0.05, 0.1) is 18.9 Å². The highest BCUT2D eigenvalue weighted by Gasteiger charge is 2.01. The van der Waals surface area contributed by atoms with Crippen molar-refractivity contribution in [2.24, 2.45) is 0 Å². The van der Waals surface area contributed by atoms with Crippen LogP contribution in [0, 0.1) is 6.20 Å². The third-order valence-electron chi connectivity index (χ3n) is 1.22. The summed E-state index contributed by atoms with van der Waals surface area (Å²) >= 11 is 0. The van der Waals surface area contributed by atoms with Crippen LogP contribution in [0.15, 0.2) is 12.3 Å². The van der Waals surface area contributed by atoms with Crippen LogP contribution in [-0.4, -0.2) is 39.4 Å². The van der Waals surface area contributed by atoms with Crippen LogP contribution in [0.25, 0.3) is 0 Å². The molecule has 0 saturated carbocycles. The molecule has 3 N–H and O–H groups in total. The Morgan fingerprint density at radius 2 is 2.50 bits per heavy atom. The van der Waals surface area contributed by atoms with Crippen LogP contribution < -0.4 is 5.32 Å². The molecule has 0 aliphatic rings. The summed E-state index contributed by atoms with van der Waals surface area (Å²) < 4.78 is 0. The fourth-order valence-corrected chi connectivity index (χ4v) is 0.627. The zero-order valence-electron chi connectivity index (χ0n) is 6.44. The standard InChI is InChI=1S/C7H10N3O2/c11-5-6(12)4-10-7-8-2-1-3-9-7/h1-2,6,11-12H,4-5H2,(H,8,9,10). The highest BCUT2D eigenvalue weighted by molar-refractivity contribution is 5.21. The summed E-state index contributed by atoms with van der Waals surface area (Å²) in [6.45, 7) is -0.0437. The number of aliphatic hydroxyl groups is 2. The molecule has 12 heavy (non-hydrogen) atoms. The minimum absolute atomic E-state index is 0.231. The highest BCUT2D eigenvalue weighted by atomic mass is 16.3. The largest absolute Gasteiger partial charge is 0.394 e. The minimum Gasteiger partial charge on any atom is -0.394 e. The van der Waals surface area contributed by atoms with Crippen LogP contribution in [0.2, 0.25) is 0 Å². The lowest BCUT2D eigenvalue weighted by Crippen LogP contribution is -2.23. The summed E-state index contributed by atoms with van der Waals surface area (Å²) in [5.74, 6) is 0.394. The summed E-state index contributed by atoms with van der Waals surface area (Å²) in [6.07, 6.45) is 3.34. The molecule has 0 fully saturated rings. The van der Waals surface area contributed by atoms with Crippen molar-refractivity contribution < 1.29 is 10.2 Å². The number of hydrogen-bond acceptors (Lipinski definition) is 5. The van der Waals surface area contributed by atoms with E-state index in [4.69, 9.17) is 10.2 Å². The van der Waals surface area contributed by atoms with E-state index >= 15 is 0 Å². The average molecular weight is 168 g/mol. The van der Waals surface area contributed by atoms with Crippen molar-refractivity contribution in [1.82, 2.24) is 9.97 Å². The van der Waals surface area contributed by atoms with E-state index < -0.39 is 6.10 Å². The second kappa shape index (κ2) is 4.63. The molecule has 1 aromatic heterocycles. The highest BCUT2D eigenvalue weighted by Crippen LogP contribution is 1.93. The van der Waals surface area contributed by atoms with Crippen LogP contribution in [0.5, 0.6) is 0 Å². The molecule has 0 aliphatic heterocycles. The van der Waals surface area contributed by atoms with E-state index in [-0.39, 0.29) is 13.2 Å². The van der Waals surface area contributed by atoms with Crippen molar-refractivity contribution in [2.45, 2.75) is 6.10 Å². The molecule has 0 spiro atoms. The second-order valence-electron chi connectivity index (χ2n) is 2.23. The number of nitrogens with zero attached hydrogens (tertiary/aromatic N) is 2. The first-order valence-corrected chi connectivity index (χ1v) is 3.55. The van der Waals surface area contributed by atoms with E-state index in [2.05, 4.69) is 21.5 Å². The fraction of sp³-hybridized carbons (Fsp3) is 0.429. The van der Waals surface area contributed by atoms with E-state index in [0.29, 0.717) is 5.95 Å². The summed E-state index contributed by atoms with van der Waals surface area (Å²) in [5, 5.41) is 20.1. The van der Waals surface area contributed by atoms with Crippen molar-refractivity contribution in [3.8, 4) is 0 Å². The van der Waals surface area contributed by atoms with Crippen LogP contribution in [0.4, 0.5) is 5.95 Å². The zero-order valence-corrected chi connectivity index (χ0v) is 6.44. The van der Waals surface area contributed by atoms with Gasteiger partial charge in [0.2, 0.25) is 5.95 Å². The van der Waals surface area contributed by atoms with Crippen molar-refractivity contribution in [3.05, 3.63) is 18.5 Å². The number of anilines is 1. The molecule has 0 saturated heterocycles. The van der Waals surface area contributed by atoms with Crippen LogP contribution in [-0.2, 0) is 0 Å². The Morgan fingerprint density at radius 3 is 3.08 bits per heavy atom. The topological polar surface area (TPSA) is 78.3 Å². The van der Waals surface area contributed by atoms with Gasteiger partial charge in [-0.25, -0.2) is 9.97 Å². The SMILES string of the molecule is OCC(O)CNc1n[c]ccn1. The van der Waals surface area contributed by atoms with Gasteiger partial charge in [-0.15, -0.1) is 0 Å². The molecule has 0 aliphatic carbocycles. The van der Waals surface area contributed by atoms with Gasteiger partial charge in [0, 0.05) is 12.7 Å². The first kappa shape index (κ1) is 8.89. The molecule has 1 unspecified atom stereocenters. The first-order chi connectivity index (χ1) is 5.83. The van der Waals surface area contributed by atoms with Gasteiger partial charge in [-0.1, -0.05) is 0 Å². The van der Waals surface area contributed by atoms with E-state index in [1.165, 1.54) is 0 Å². The van der Waals surface area contributed by atoms with Gasteiger partial charge >= 0.3 is 0 Å². The molecule has 1 radical (unpaired) electrons. The number of nitrogens with one attached hydrogen (secondary N) is 1. The number of hydrogen-bond donors (Lipinski definition) is 3. The van der Waals surface area contributed by atoms with Crippen LogP contribution in [0.3, 0.4) is 0 Å². The Bertz CT molecular complexity index is 217. The quantitative estimate of drug-likeness (QED) is 0.539. The summed E-state index contributed by atoms with van der Waals surface area (Å²) in [6, 6.07) is 1.58.